The van der Waals surface area contributed by atoms with Crippen LogP contribution in [-0.2, 0) is 21.3 Å². The fourth-order valence-corrected chi connectivity index (χ4v) is 4.33. The van der Waals surface area contributed by atoms with Crippen LogP contribution < -0.4 is 10.0 Å². The summed E-state index contributed by atoms with van der Waals surface area (Å²) in [7, 11) is -1.39. The molecule has 0 saturated heterocycles. The molecule has 0 aliphatic rings. The Labute approximate surface area is 193 Å². The summed E-state index contributed by atoms with van der Waals surface area (Å²) in [5.41, 5.74) is 0.697. The van der Waals surface area contributed by atoms with Crippen LogP contribution in [0.1, 0.15) is 66.0 Å². The van der Waals surface area contributed by atoms with Gasteiger partial charge in [-0.3, -0.25) is 5.32 Å². The van der Waals surface area contributed by atoms with Gasteiger partial charge < -0.3 is 4.74 Å². The summed E-state index contributed by atoms with van der Waals surface area (Å²) in [6.07, 6.45) is 0.00779. The van der Waals surface area contributed by atoms with Gasteiger partial charge >= 0.3 is 6.09 Å². The number of rotatable bonds is 6. The second-order valence-corrected chi connectivity index (χ2v) is 11.8. The lowest BCUT2D eigenvalue weighted by Crippen LogP contribution is -2.49. The van der Waals surface area contributed by atoms with E-state index in [1.54, 1.807) is 18.2 Å². The SMILES string of the molecule is CCC(NS(=O)C(C)(C)C)(c1ccccc1)c1cc(Cl)ccc1NC(=O)OC(C)(C)C. The molecule has 0 bridgehead atoms. The number of carbonyl (C=O) groups is 1. The van der Waals surface area contributed by atoms with Crippen LogP contribution in [0.3, 0.4) is 0 Å². The highest BCUT2D eigenvalue weighted by atomic mass is 35.5. The van der Waals surface area contributed by atoms with Crippen LogP contribution in [0, 0.1) is 0 Å². The summed E-state index contributed by atoms with van der Waals surface area (Å²) in [5, 5.41) is 3.37. The third-order valence-electron chi connectivity index (χ3n) is 4.70. The number of amides is 1. The molecule has 170 valence electrons. The van der Waals surface area contributed by atoms with Crippen molar-refractivity contribution in [3.8, 4) is 0 Å². The number of anilines is 1. The predicted molar refractivity (Wildman–Crippen MR) is 130 cm³/mol. The van der Waals surface area contributed by atoms with Crippen LogP contribution in [0.2, 0.25) is 5.02 Å². The molecule has 2 N–H and O–H groups in total. The first-order valence-electron chi connectivity index (χ1n) is 10.3. The first kappa shape index (κ1) is 25.4. The molecule has 2 atom stereocenters. The van der Waals surface area contributed by atoms with Crippen molar-refractivity contribution < 1.29 is 13.7 Å². The lowest BCUT2D eigenvalue weighted by Gasteiger charge is -2.38. The highest BCUT2D eigenvalue weighted by Gasteiger charge is 2.39. The summed E-state index contributed by atoms with van der Waals surface area (Å²) in [6, 6.07) is 15.0. The fraction of sp³-hybridized carbons (Fsp3) is 0.458. The van der Waals surface area contributed by atoms with E-state index in [1.807, 2.05) is 78.8 Å². The highest BCUT2D eigenvalue weighted by Crippen LogP contribution is 2.40. The van der Waals surface area contributed by atoms with Crippen LogP contribution in [0.25, 0.3) is 0 Å². The number of benzene rings is 2. The van der Waals surface area contributed by atoms with E-state index < -0.39 is 33.0 Å². The van der Waals surface area contributed by atoms with Crippen molar-refractivity contribution in [2.75, 3.05) is 5.32 Å². The molecular formula is C24H33ClN2O3S. The van der Waals surface area contributed by atoms with E-state index in [0.29, 0.717) is 17.1 Å². The quantitative estimate of drug-likeness (QED) is 0.520. The molecule has 0 radical (unpaired) electrons. The minimum atomic E-state index is -1.39. The number of halogens is 1. The van der Waals surface area contributed by atoms with Gasteiger partial charge in [-0.05, 0) is 71.7 Å². The van der Waals surface area contributed by atoms with Gasteiger partial charge in [0.1, 0.15) is 5.60 Å². The van der Waals surface area contributed by atoms with E-state index in [9.17, 15) is 9.00 Å². The molecule has 2 aromatic carbocycles. The molecule has 0 saturated carbocycles. The summed E-state index contributed by atoms with van der Waals surface area (Å²) < 4.78 is 21.6. The van der Waals surface area contributed by atoms with E-state index in [0.717, 1.165) is 11.1 Å². The van der Waals surface area contributed by atoms with E-state index >= 15 is 0 Å². The van der Waals surface area contributed by atoms with Crippen molar-refractivity contribution in [3.05, 3.63) is 64.7 Å². The minimum absolute atomic E-state index is 0.494. The van der Waals surface area contributed by atoms with Gasteiger partial charge in [-0.2, -0.15) is 0 Å². The van der Waals surface area contributed by atoms with Gasteiger partial charge in [-0.1, -0.05) is 48.9 Å². The van der Waals surface area contributed by atoms with Gasteiger partial charge in [0.2, 0.25) is 0 Å². The van der Waals surface area contributed by atoms with Crippen molar-refractivity contribution in [3.63, 3.8) is 0 Å². The normalized spacial score (nSPS) is 15.1. The number of ether oxygens (including phenoxy) is 1. The van der Waals surface area contributed by atoms with Crippen LogP contribution >= 0.6 is 11.6 Å². The minimum Gasteiger partial charge on any atom is -0.444 e. The second kappa shape index (κ2) is 9.72. The Bertz CT molecular complexity index is 936. The smallest absolute Gasteiger partial charge is 0.412 e. The fourth-order valence-electron chi connectivity index (χ4n) is 3.16. The molecule has 7 heteroatoms. The molecule has 5 nitrogen and oxygen atoms in total. The Morgan fingerprint density at radius 2 is 1.65 bits per heavy atom. The molecule has 0 aromatic heterocycles. The molecule has 2 unspecified atom stereocenters. The number of hydrogen-bond acceptors (Lipinski definition) is 3. The third kappa shape index (κ3) is 6.55. The van der Waals surface area contributed by atoms with Gasteiger partial charge in [0.25, 0.3) is 0 Å². The van der Waals surface area contributed by atoms with Crippen molar-refractivity contribution in [1.29, 1.82) is 0 Å². The molecule has 0 fully saturated rings. The molecule has 1 amide bonds. The number of carbonyl (C=O) groups excluding carboxylic acids is 1. The maximum Gasteiger partial charge on any atom is 0.412 e. The molecule has 31 heavy (non-hydrogen) atoms. The monoisotopic (exact) mass is 464 g/mol. The van der Waals surface area contributed by atoms with Gasteiger partial charge in [0.15, 0.2) is 0 Å². The zero-order chi connectivity index (χ0) is 23.4. The lowest BCUT2D eigenvalue weighted by atomic mass is 9.80. The number of hydrogen-bond donors (Lipinski definition) is 2. The molecule has 0 aliphatic carbocycles. The summed E-state index contributed by atoms with van der Waals surface area (Å²) in [4.78, 5) is 12.6. The first-order chi connectivity index (χ1) is 14.3. The Morgan fingerprint density at radius 1 is 1.03 bits per heavy atom. The standard InChI is InChI=1S/C24H33ClN2O3S/c1-8-24(17-12-10-9-11-13-17,27-31(29)23(5,6)7)19-16-18(25)14-15-20(19)26-21(28)30-22(2,3)4/h9-16,27H,8H2,1-7H3,(H,26,28). The van der Waals surface area contributed by atoms with Gasteiger partial charge in [-0.25, -0.2) is 13.7 Å². The molecule has 2 aromatic rings. The topological polar surface area (TPSA) is 67.4 Å². The van der Waals surface area contributed by atoms with Crippen molar-refractivity contribution in [1.82, 2.24) is 4.72 Å². The maximum atomic E-state index is 13.2. The molecule has 0 spiro atoms. The zero-order valence-electron chi connectivity index (χ0n) is 19.3. The van der Waals surface area contributed by atoms with Crippen LogP contribution in [0.4, 0.5) is 10.5 Å². The van der Waals surface area contributed by atoms with Crippen LogP contribution in [-0.4, -0.2) is 20.7 Å². The zero-order valence-corrected chi connectivity index (χ0v) is 20.9. The highest BCUT2D eigenvalue weighted by molar-refractivity contribution is 7.84. The summed E-state index contributed by atoms with van der Waals surface area (Å²) in [6.45, 7) is 13.2. The van der Waals surface area contributed by atoms with Crippen molar-refractivity contribution in [2.24, 2.45) is 0 Å². The van der Waals surface area contributed by atoms with Gasteiger partial charge in [-0.15, -0.1) is 0 Å². The summed E-state index contributed by atoms with van der Waals surface area (Å²) >= 11 is 6.39. The Morgan fingerprint density at radius 3 is 2.16 bits per heavy atom. The molecule has 0 aliphatic heterocycles. The van der Waals surface area contributed by atoms with Crippen LogP contribution in [0.15, 0.2) is 48.5 Å². The molecule has 0 heterocycles. The maximum absolute atomic E-state index is 13.2. The first-order valence-corrected chi connectivity index (χ1v) is 11.9. The Balaban J connectivity index is 2.67. The predicted octanol–water partition coefficient (Wildman–Crippen LogP) is 6.39. The van der Waals surface area contributed by atoms with E-state index in [4.69, 9.17) is 16.3 Å². The summed E-state index contributed by atoms with van der Waals surface area (Å²) in [5.74, 6) is 0. The third-order valence-corrected chi connectivity index (χ3v) is 6.58. The molecular weight excluding hydrogens is 432 g/mol. The van der Waals surface area contributed by atoms with Gasteiger partial charge in [0.05, 0.1) is 21.3 Å². The lowest BCUT2D eigenvalue weighted by molar-refractivity contribution is 0.0635. The van der Waals surface area contributed by atoms with Crippen molar-refractivity contribution in [2.45, 2.75) is 70.8 Å². The number of nitrogens with one attached hydrogen (secondary N) is 2. The largest absolute Gasteiger partial charge is 0.444 e. The van der Waals surface area contributed by atoms with E-state index in [1.165, 1.54) is 0 Å². The average molecular weight is 465 g/mol. The Hall–Kier alpha value is -1.89. The molecule has 2 rings (SSSR count). The van der Waals surface area contributed by atoms with Gasteiger partial charge in [0, 0.05) is 16.3 Å². The Kier molecular flexibility index (Phi) is 7.95. The van der Waals surface area contributed by atoms with Crippen molar-refractivity contribution >= 4 is 34.4 Å². The van der Waals surface area contributed by atoms with Crippen LogP contribution in [0.5, 0.6) is 0 Å². The van der Waals surface area contributed by atoms with E-state index in [2.05, 4.69) is 10.0 Å². The van der Waals surface area contributed by atoms with E-state index in [-0.39, 0.29) is 0 Å². The second-order valence-electron chi connectivity index (χ2n) is 9.42. The average Bonchev–Trinajstić information content (AvgIpc) is 2.66.